The maximum atomic E-state index is 5.29. The summed E-state index contributed by atoms with van der Waals surface area (Å²) in [6.07, 6.45) is 7.58. The van der Waals surface area contributed by atoms with Crippen LogP contribution in [0.25, 0.3) is 44.4 Å². The number of halogens is 1. The van der Waals surface area contributed by atoms with Crippen LogP contribution in [0.2, 0.25) is 0 Å². The van der Waals surface area contributed by atoms with E-state index in [9.17, 15) is 0 Å². The number of hydrogen-bond donors (Lipinski definition) is 0. The molecule has 0 unspecified atom stereocenters. The van der Waals surface area contributed by atoms with Gasteiger partial charge in [0.15, 0.2) is 0 Å². The Kier molecular flexibility index (Phi) is 11.0. The minimum absolute atomic E-state index is 0.945. The molecule has 0 saturated carbocycles. The van der Waals surface area contributed by atoms with Crippen molar-refractivity contribution < 1.29 is 14.8 Å². The van der Waals surface area contributed by atoms with Gasteiger partial charge in [0.05, 0.1) is 22.8 Å². The van der Waals surface area contributed by atoms with Crippen LogP contribution in [-0.4, -0.2) is 9.97 Å². The minimum atomic E-state index is 0.945. The summed E-state index contributed by atoms with van der Waals surface area (Å²) in [6, 6.07) is 8.82. The van der Waals surface area contributed by atoms with Gasteiger partial charge in [-0.3, -0.25) is 0 Å². The van der Waals surface area contributed by atoms with E-state index in [1.54, 1.807) is 0 Å². The Morgan fingerprint density at radius 2 is 0.810 bits per heavy atom. The van der Waals surface area contributed by atoms with Crippen LogP contribution in [0.15, 0.2) is 24.3 Å². The van der Waals surface area contributed by atoms with Gasteiger partial charge in [0.1, 0.15) is 0 Å². The molecular formula is C36H44ClCoN4. The average Bonchev–Trinajstić information content (AvgIpc) is 3.77. The van der Waals surface area contributed by atoms with Crippen LogP contribution in [0.3, 0.4) is 0 Å². The van der Waals surface area contributed by atoms with Crippen molar-refractivity contribution in [3.05, 3.63) is 69.3 Å². The zero-order chi connectivity index (χ0) is 30.6. The molecule has 2 aliphatic heterocycles. The van der Waals surface area contributed by atoms with Crippen LogP contribution in [0.4, 0.5) is 0 Å². The Hall–Kier alpha value is -2.60. The van der Waals surface area contributed by atoms with E-state index in [4.69, 9.17) is 19.9 Å². The first kappa shape index (κ1) is 32.3. The molecule has 0 aromatic carbocycles. The molecule has 0 radical (unpaired) electrons. The fourth-order valence-electron chi connectivity index (χ4n) is 6.96. The molecule has 5 rings (SSSR count). The van der Waals surface area contributed by atoms with Gasteiger partial charge in [-0.15, -0.1) is 22.1 Å². The van der Waals surface area contributed by atoms with Crippen LogP contribution >= 0.6 is 10.1 Å². The summed E-state index contributed by atoms with van der Waals surface area (Å²) >= 11 is 3.03. The van der Waals surface area contributed by atoms with Crippen molar-refractivity contribution in [3.63, 3.8) is 0 Å². The molecule has 8 bridgehead atoms. The van der Waals surface area contributed by atoms with E-state index in [-0.39, 0.29) is 0 Å². The second-order valence-electron chi connectivity index (χ2n) is 10.7. The van der Waals surface area contributed by atoms with Gasteiger partial charge in [0, 0.05) is 0 Å². The Balaban J connectivity index is 0.00000198. The summed E-state index contributed by atoms with van der Waals surface area (Å²) in [4.78, 5) is 21.2. The molecule has 224 valence electrons. The van der Waals surface area contributed by atoms with Crippen LogP contribution in [-0.2, 0) is 40.5 Å². The van der Waals surface area contributed by atoms with Crippen molar-refractivity contribution in [2.75, 3.05) is 0 Å². The zero-order valence-electron chi connectivity index (χ0n) is 26.5. The summed E-state index contributed by atoms with van der Waals surface area (Å²) in [5.74, 6) is 0. The van der Waals surface area contributed by atoms with Crippen LogP contribution in [0.5, 0.6) is 0 Å². The molecular weight excluding hydrogens is 583 g/mol. The predicted octanol–water partition coefficient (Wildman–Crippen LogP) is 9.97. The molecule has 3 aromatic rings. The summed E-state index contributed by atoms with van der Waals surface area (Å²) in [7, 11) is 4.33. The number of aryl methyl sites for hydroxylation is 4. The quantitative estimate of drug-likeness (QED) is 0.250. The summed E-state index contributed by atoms with van der Waals surface area (Å²) in [5.41, 5.74) is 19.2. The van der Waals surface area contributed by atoms with Crippen LogP contribution < -0.4 is 9.97 Å². The third-order valence-corrected chi connectivity index (χ3v) is 8.84. The Morgan fingerprint density at radius 1 is 0.476 bits per heavy atom. The molecule has 6 heteroatoms. The van der Waals surface area contributed by atoms with Crippen LogP contribution in [0, 0.1) is 0 Å². The number of fused-ring (bicyclic) bond motifs is 10. The first-order chi connectivity index (χ1) is 20.5. The second-order valence-corrected chi connectivity index (χ2v) is 10.7. The number of nitrogens with zero attached hydrogens (tertiary/aromatic N) is 4. The van der Waals surface area contributed by atoms with E-state index in [1.165, 1.54) is 44.5 Å². The number of allylic oxidation sites excluding steroid dienone is 4. The molecule has 0 fully saturated rings. The van der Waals surface area contributed by atoms with E-state index < -0.39 is 0 Å². The molecule has 2 aliphatic rings. The maximum absolute atomic E-state index is 5.29. The van der Waals surface area contributed by atoms with Gasteiger partial charge >= 0.3 is 25.0 Å². The van der Waals surface area contributed by atoms with Crippen molar-refractivity contribution >= 4 is 54.5 Å². The summed E-state index contributed by atoms with van der Waals surface area (Å²) in [5, 5.41) is 0. The van der Waals surface area contributed by atoms with Crippen molar-refractivity contribution in [2.24, 2.45) is 0 Å². The SMILES string of the molecule is CCC1=C(CC)c2nc1ccc1[n-]c(c3nc(ccc4[n-]c2c(CC)c4CC)C(CC)=C3CC)c(CC)c1CC.[Cl][Co+2]. The monoisotopic (exact) mass is 626 g/mol. The van der Waals surface area contributed by atoms with Crippen molar-refractivity contribution in [3.8, 4) is 0 Å². The molecule has 0 N–H and O–H groups in total. The Bertz CT molecular complexity index is 1560. The third kappa shape index (κ3) is 5.44. The van der Waals surface area contributed by atoms with Gasteiger partial charge in [-0.2, -0.15) is 0 Å². The standard InChI is InChI=1S/C36H44N4.ClH.Co/c1-9-21-25(13-5)33-34-26(14-6)22(10-2)31(38-34)19-20-32-24(12-4)28(16-8)36(40-32)35-27(15-7)23(11-3)30(39-35)18-17-29(21)37-33;;/h17-20H,9-16H2,1-8H3;1H;/q-2;;+3/p-1. The van der Waals surface area contributed by atoms with Crippen molar-refractivity contribution in [2.45, 2.75) is 107 Å². The molecule has 0 saturated heterocycles. The molecule has 5 heterocycles. The van der Waals surface area contributed by atoms with Gasteiger partial charge in [-0.05, 0) is 85.8 Å². The van der Waals surface area contributed by atoms with Crippen molar-refractivity contribution in [1.29, 1.82) is 0 Å². The van der Waals surface area contributed by atoms with E-state index in [1.807, 2.05) is 0 Å². The van der Waals surface area contributed by atoms with Gasteiger partial charge < -0.3 is 9.97 Å². The van der Waals surface area contributed by atoms with E-state index in [0.717, 1.165) is 96.2 Å². The topological polar surface area (TPSA) is 54.0 Å². The van der Waals surface area contributed by atoms with E-state index >= 15 is 0 Å². The summed E-state index contributed by atoms with van der Waals surface area (Å²) in [6.45, 7) is 18.0. The molecule has 3 aromatic heterocycles. The number of hydrogen-bond acceptors (Lipinski definition) is 2. The fraction of sp³-hybridized carbons (Fsp3) is 0.444. The summed E-state index contributed by atoms with van der Waals surface area (Å²) < 4.78 is 0. The fourth-order valence-corrected chi connectivity index (χ4v) is 6.96. The van der Waals surface area contributed by atoms with Gasteiger partial charge in [0.25, 0.3) is 0 Å². The molecule has 4 nitrogen and oxygen atoms in total. The first-order valence-corrected chi connectivity index (χ1v) is 17.2. The molecule has 42 heavy (non-hydrogen) atoms. The molecule has 0 atom stereocenters. The normalized spacial score (nSPS) is 13.1. The first-order valence-electron chi connectivity index (χ1n) is 15.7. The Morgan fingerprint density at radius 3 is 1.10 bits per heavy atom. The predicted molar refractivity (Wildman–Crippen MR) is 177 cm³/mol. The molecule has 0 spiro atoms. The molecule has 0 aliphatic carbocycles. The third-order valence-electron chi connectivity index (χ3n) is 8.84. The zero-order valence-corrected chi connectivity index (χ0v) is 28.3. The van der Waals surface area contributed by atoms with Gasteiger partial charge in [0.2, 0.25) is 0 Å². The van der Waals surface area contributed by atoms with Crippen LogP contribution in [0.1, 0.15) is 126 Å². The van der Waals surface area contributed by atoms with Gasteiger partial charge in [-0.25, -0.2) is 9.97 Å². The van der Waals surface area contributed by atoms with E-state index in [0.29, 0.717) is 0 Å². The second kappa shape index (κ2) is 14.2. The molecule has 0 amide bonds. The van der Waals surface area contributed by atoms with Gasteiger partial charge in [-0.1, -0.05) is 89.8 Å². The number of rotatable bonds is 8. The average molecular weight is 627 g/mol. The van der Waals surface area contributed by atoms with E-state index in [2.05, 4.69) is 105 Å². The Labute approximate surface area is 264 Å². The number of aromatic nitrogens is 4. The van der Waals surface area contributed by atoms with Crippen molar-refractivity contribution in [1.82, 2.24) is 19.9 Å².